The van der Waals surface area contributed by atoms with Gasteiger partial charge in [0.05, 0.1) is 26.1 Å². The number of allylic oxidation sites excluding steroid dienone is 1. The van der Waals surface area contributed by atoms with E-state index in [1.54, 1.807) is 7.11 Å². The molecule has 0 fully saturated rings. The molecular formula is C27H38O3Si. The van der Waals surface area contributed by atoms with Crippen LogP contribution >= 0.6 is 0 Å². The van der Waals surface area contributed by atoms with Crippen molar-refractivity contribution in [2.45, 2.75) is 58.4 Å². The molecule has 2 aromatic carbocycles. The van der Waals surface area contributed by atoms with Crippen molar-refractivity contribution < 1.29 is 13.9 Å². The lowest BCUT2D eigenvalue weighted by Gasteiger charge is -2.37. The number of ether oxygens (including phenoxy) is 2. The first kappa shape index (κ1) is 25.0. The van der Waals surface area contributed by atoms with Gasteiger partial charge < -0.3 is 13.9 Å². The molecule has 0 saturated carbocycles. The van der Waals surface area contributed by atoms with Crippen molar-refractivity contribution in [3.05, 3.63) is 89.7 Å². The quantitative estimate of drug-likeness (QED) is 0.159. The van der Waals surface area contributed by atoms with Gasteiger partial charge in [0.15, 0.2) is 0 Å². The average Bonchev–Trinajstić information content (AvgIpc) is 2.72. The molecule has 0 unspecified atom stereocenters. The Balaban J connectivity index is 1.99. The van der Waals surface area contributed by atoms with Gasteiger partial charge in [0, 0.05) is 6.42 Å². The first-order chi connectivity index (χ1) is 14.6. The van der Waals surface area contributed by atoms with Crippen LogP contribution in [0.3, 0.4) is 0 Å². The van der Waals surface area contributed by atoms with Crippen molar-refractivity contribution >= 4 is 8.32 Å². The summed E-state index contributed by atoms with van der Waals surface area (Å²) in [5.74, 6) is 1.66. The molecule has 0 aliphatic rings. The molecule has 2 aromatic rings. The van der Waals surface area contributed by atoms with Gasteiger partial charge in [-0.25, -0.2) is 0 Å². The summed E-state index contributed by atoms with van der Waals surface area (Å²) in [7, 11) is -0.262. The van der Waals surface area contributed by atoms with Gasteiger partial charge >= 0.3 is 0 Å². The van der Waals surface area contributed by atoms with Crippen LogP contribution in [0.1, 0.15) is 38.3 Å². The van der Waals surface area contributed by atoms with Gasteiger partial charge in [0.25, 0.3) is 0 Å². The van der Waals surface area contributed by atoms with Gasteiger partial charge in [0.2, 0.25) is 8.32 Å². The van der Waals surface area contributed by atoms with Gasteiger partial charge in [-0.15, -0.1) is 0 Å². The van der Waals surface area contributed by atoms with E-state index in [1.807, 2.05) is 30.3 Å². The maximum atomic E-state index is 6.51. The third-order valence-corrected chi connectivity index (χ3v) is 10.2. The molecule has 0 aromatic heterocycles. The third-order valence-electron chi connectivity index (χ3n) is 5.86. The Labute approximate surface area is 189 Å². The molecule has 0 heterocycles. The monoisotopic (exact) mass is 438 g/mol. The van der Waals surface area contributed by atoms with E-state index in [-0.39, 0.29) is 5.04 Å². The zero-order valence-corrected chi connectivity index (χ0v) is 21.0. The fourth-order valence-corrected chi connectivity index (χ4v) is 3.91. The summed E-state index contributed by atoms with van der Waals surface area (Å²) in [5.41, 5.74) is 3.54. The van der Waals surface area contributed by atoms with Gasteiger partial charge in [-0.2, -0.15) is 0 Å². The van der Waals surface area contributed by atoms with Crippen LogP contribution in [0.25, 0.3) is 0 Å². The van der Waals surface area contributed by atoms with E-state index in [0.717, 1.165) is 35.5 Å². The number of methoxy groups -OCH3 is 1. The van der Waals surface area contributed by atoms with E-state index in [4.69, 9.17) is 13.9 Å². The minimum absolute atomic E-state index is 0.134. The predicted molar refractivity (Wildman–Crippen MR) is 133 cm³/mol. The van der Waals surface area contributed by atoms with Crippen LogP contribution in [-0.2, 0) is 22.2 Å². The maximum absolute atomic E-state index is 6.51. The maximum Gasteiger partial charge on any atom is 0.250 e. The predicted octanol–water partition coefficient (Wildman–Crippen LogP) is 7.31. The van der Waals surface area contributed by atoms with E-state index >= 15 is 0 Å². The molecule has 0 aliphatic heterocycles. The third kappa shape index (κ3) is 8.04. The molecule has 31 heavy (non-hydrogen) atoms. The molecule has 0 saturated heterocycles. The smallest absolute Gasteiger partial charge is 0.250 e. The van der Waals surface area contributed by atoms with Gasteiger partial charge in [0.1, 0.15) is 5.75 Å². The Kier molecular flexibility index (Phi) is 9.14. The molecule has 0 radical (unpaired) electrons. The van der Waals surface area contributed by atoms with E-state index < -0.39 is 8.32 Å². The van der Waals surface area contributed by atoms with Crippen molar-refractivity contribution in [3.8, 4) is 5.75 Å². The standard InChI is InChI=1S/C27H38O3Si/c1-22(30-31(6,7)27(2,3)4)25(20-23-12-9-8-10-13-23)14-11-19-29-21-24-15-17-26(28-5)18-16-24/h8-10,12-18H,1,11,19-21H2,2-7H3/b25-14+. The second kappa shape index (κ2) is 11.4. The topological polar surface area (TPSA) is 27.7 Å². The molecular weight excluding hydrogens is 400 g/mol. The summed E-state index contributed by atoms with van der Waals surface area (Å²) in [4.78, 5) is 0. The zero-order valence-electron chi connectivity index (χ0n) is 20.0. The summed E-state index contributed by atoms with van der Waals surface area (Å²) in [6, 6.07) is 18.5. The van der Waals surface area contributed by atoms with Crippen LogP contribution in [0, 0.1) is 0 Å². The molecule has 0 N–H and O–H groups in total. The molecule has 0 atom stereocenters. The first-order valence-corrected chi connectivity index (χ1v) is 13.8. The molecule has 0 aliphatic carbocycles. The minimum atomic E-state index is -1.94. The molecule has 0 spiro atoms. The van der Waals surface area contributed by atoms with Gasteiger partial charge in [-0.3, -0.25) is 0 Å². The highest BCUT2D eigenvalue weighted by Crippen LogP contribution is 2.38. The molecule has 4 heteroatoms. The zero-order chi connectivity index (χ0) is 22.9. The van der Waals surface area contributed by atoms with Crippen LogP contribution in [0.4, 0.5) is 0 Å². The Morgan fingerprint density at radius 2 is 1.61 bits per heavy atom. The van der Waals surface area contributed by atoms with E-state index in [0.29, 0.717) is 13.2 Å². The van der Waals surface area contributed by atoms with Crippen LogP contribution in [0.5, 0.6) is 5.75 Å². The molecule has 168 valence electrons. The number of rotatable bonds is 11. The number of benzene rings is 2. The largest absolute Gasteiger partial charge is 0.544 e. The SMILES string of the molecule is C=C(O[Si](C)(C)C(C)(C)C)/C(=C/CCOCc1ccc(OC)cc1)Cc1ccccc1. The normalized spacial score (nSPS) is 12.5. The molecule has 0 amide bonds. The lowest BCUT2D eigenvalue weighted by Crippen LogP contribution is -2.40. The highest BCUT2D eigenvalue weighted by atomic mass is 28.4. The summed E-state index contributed by atoms with van der Waals surface area (Å²) in [6.07, 6.45) is 3.85. The second-order valence-electron chi connectivity index (χ2n) is 9.37. The summed E-state index contributed by atoms with van der Waals surface area (Å²) in [6.45, 7) is 16.8. The molecule has 2 rings (SSSR count). The highest BCUT2D eigenvalue weighted by Gasteiger charge is 2.39. The highest BCUT2D eigenvalue weighted by molar-refractivity contribution is 6.74. The van der Waals surface area contributed by atoms with Gasteiger partial charge in [-0.05, 0) is 53.4 Å². The Morgan fingerprint density at radius 1 is 0.968 bits per heavy atom. The molecule has 0 bridgehead atoms. The van der Waals surface area contributed by atoms with Crippen molar-refractivity contribution in [2.75, 3.05) is 13.7 Å². The van der Waals surface area contributed by atoms with Crippen molar-refractivity contribution in [1.82, 2.24) is 0 Å². The minimum Gasteiger partial charge on any atom is -0.544 e. The summed E-state index contributed by atoms with van der Waals surface area (Å²) < 4.78 is 17.6. The summed E-state index contributed by atoms with van der Waals surface area (Å²) in [5, 5.41) is 0.134. The number of hydrogen-bond acceptors (Lipinski definition) is 3. The fourth-order valence-electron chi connectivity index (χ4n) is 2.86. The van der Waals surface area contributed by atoms with Crippen molar-refractivity contribution in [3.63, 3.8) is 0 Å². The lowest BCUT2D eigenvalue weighted by molar-refractivity contribution is 0.125. The van der Waals surface area contributed by atoms with Gasteiger partial charge in [-0.1, -0.05) is 75.9 Å². The molecule has 3 nitrogen and oxygen atoms in total. The average molecular weight is 439 g/mol. The van der Waals surface area contributed by atoms with Crippen molar-refractivity contribution in [1.29, 1.82) is 0 Å². The Morgan fingerprint density at radius 3 is 2.19 bits per heavy atom. The van der Waals surface area contributed by atoms with Crippen LogP contribution in [0.2, 0.25) is 18.1 Å². The van der Waals surface area contributed by atoms with E-state index in [2.05, 4.69) is 70.8 Å². The van der Waals surface area contributed by atoms with Crippen molar-refractivity contribution in [2.24, 2.45) is 0 Å². The lowest BCUT2D eigenvalue weighted by atomic mass is 10.0. The number of hydrogen-bond donors (Lipinski definition) is 0. The fraction of sp³-hybridized carbons (Fsp3) is 0.407. The first-order valence-electron chi connectivity index (χ1n) is 10.9. The Hall–Kier alpha value is -2.30. The van der Waals surface area contributed by atoms with Crippen LogP contribution in [-0.4, -0.2) is 22.0 Å². The summed E-state index contributed by atoms with van der Waals surface area (Å²) >= 11 is 0. The van der Waals surface area contributed by atoms with E-state index in [1.165, 1.54) is 5.56 Å². The second-order valence-corrected chi connectivity index (χ2v) is 14.1. The van der Waals surface area contributed by atoms with Crippen LogP contribution < -0.4 is 4.74 Å². The van der Waals surface area contributed by atoms with E-state index in [9.17, 15) is 0 Å². The Bertz CT molecular complexity index is 846. The van der Waals surface area contributed by atoms with Crippen LogP contribution in [0.15, 0.2) is 78.6 Å².